The summed E-state index contributed by atoms with van der Waals surface area (Å²) in [6, 6.07) is 26.3. The lowest BCUT2D eigenvalue weighted by molar-refractivity contribution is 0.0951. The van der Waals surface area contributed by atoms with Crippen LogP contribution in [-0.2, 0) is 23.1 Å². The van der Waals surface area contributed by atoms with Crippen molar-refractivity contribution in [2.24, 2.45) is 0 Å². The molecule has 0 radical (unpaired) electrons. The van der Waals surface area contributed by atoms with Gasteiger partial charge in [0.2, 0.25) is 10.0 Å². The van der Waals surface area contributed by atoms with Gasteiger partial charge in [-0.25, -0.2) is 12.8 Å². The number of anilines is 1. The van der Waals surface area contributed by atoms with Gasteiger partial charge in [-0.2, -0.15) is 0 Å². The number of amides is 1. The van der Waals surface area contributed by atoms with Gasteiger partial charge in [-0.3, -0.25) is 9.10 Å². The Balaban J connectivity index is 1.47. The monoisotopic (exact) mass is 462 g/mol. The van der Waals surface area contributed by atoms with Crippen molar-refractivity contribution in [3.63, 3.8) is 0 Å². The number of hydrogen-bond donors (Lipinski definition) is 1. The molecule has 4 aromatic carbocycles. The zero-order chi connectivity index (χ0) is 23.4. The van der Waals surface area contributed by atoms with Gasteiger partial charge in [0.1, 0.15) is 5.82 Å². The molecule has 0 spiro atoms. The van der Waals surface area contributed by atoms with Gasteiger partial charge >= 0.3 is 0 Å². The van der Waals surface area contributed by atoms with E-state index in [9.17, 15) is 17.6 Å². The molecule has 0 fully saturated rings. The first-order valence-electron chi connectivity index (χ1n) is 10.4. The minimum atomic E-state index is -3.66. The molecular weight excluding hydrogens is 439 g/mol. The topological polar surface area (TPSA) is 66.5 Å². The van der Waals surface area contributed by atoms with Gasteiger partial charge in [0.05, 0.1) is 18.5 Å². The molecule has 0 saturated carbocycles. The van der Waals surface area contributed by atoms with Crippen molar-refractivity contribution < 1.29 is 17.6 Å². The SMILES string of the molecule is CS(=O)(=O)N(Cc1ccccc1F)c1ccc(C(=O)NCc2ccc3ccccc3c2)cc1. The molecule has 0 atom stereocenters. The molecule has 7 heteroatoms. The summed E-state index contributed by atoms with van der Waals surface area (Å²) in [7, 11) is -3.66. The molecule has 0 saturated heterocycles. The van der Waals surface area contributed by atoms with Gasteiger partial charge in [-0.05, 0) is 52.7 Å². The van der Waals surface area contributed by atoms with Gasteiger partial charge in [-0.15, -0.1) is 0 Å². The van der Waals surface area contributed by atoms with Gasteiger partial charge < -0.3 is 5.32 Å². The lowest BCUT2D eigenvalue weighted by atomic mass is 10.1. The zero-order valence-electron chi connectivity index (χ0n) is 18.0. The summed E-state index contributed by atoms with van der Waals surface area (Å²) >= 11 is 0. The fourth-order valence-corrected chi connectivity index (χ4v) is 4.47. The second-order valence-electron chi connectivity index (χ2n) is 7.77. The second-order valence-corrected chi connectivity index (χ2v) is 9.68. The third kappa shape index (κ3) is 5.38. The molecule has 4 rings (SSSR count). The molecule has 0 unspecified atom stereocenters. The van der Waals surface area contributed by atoms with Gasteiger partial charge in [0.25, 0.3) is 5.91 Å². The number of nitrogens with one attached hydrogen (secondary N) is 1. The number of halogens is 1. The molecule has 0 heterocycles. The molecule has 0 aliphatic carbocycles. The van der Waals surface area contributed by atoms with Crippen LogP contribution < -0.4 is 9.62 Å². The molecule has 0 aliphatic heterocycles. The van der Waals surface area contributed by atoms with E-state index >= 15 is 0 Å². The van der Waals surface area contributed by atoms with Crippen molar-refractivity contribution in [2.45, 2.75) is 13.1 Å². The molecule has 0 bridgehead atoms. The van der Waals surface area contributed by atoms with E-state index in [-0.39, 0.29) is 18.0 Å². The number of carbonyl (C=O) groups excluding carboxylic acids is 1. The van der Waals surface area contributed by atoms with Crippen LogP contribution >= 0.6 is 0 Å². The molecule has 0 aliphatic rings. The highest BCUT2D eigenvalue weighted by Crippen LogP contribution is 2.22. The standard InChI is InChI=1S/C26H23FN2O3S/c1-33(31,32)29(18-23-8-4-5-9-25(23)27)24-14-12-21(13-15-24)26(30)28-17-19-10-11-20-6-2-3-7-22(20)16-19/h2-16H,17-18H2,1H3,(H,28,30). The Morgan fingerprint density at radius 1 is 0.879 bits per heavy atom. The lowest BCUT2D eigenvalue weighted by Gasteiger charge is -2.23. The Morgan fingerprint density at radius 2 is 1.55 bits per heavy atom. The Kier molecular flexibility index (Phi) is 6.42. The number of hydrogen-bond acceptors (Lipinski definition) is 3. The van der Waals surface area contributed by atoms with Crippen LogP contribution in [0.4, 0.5) is 10.1 Å². The highest BCUT2D eigenvalue weighted by molar-refractivity contribution is 7.92. The van der Waals surface area contributed by atoms with E-state index in [0.29, 0.717) is 17.8 Å². The highest BCUT2D eigenvalue weighted by Gasteiger charge is 2.20. The predicted octanol–water partition coefficient (Wildman–Crippen LogP) is 4.88. The molecule has 1 amide bonds. The first-order chi connectivity index (χ1) is 15.8. The van der Waals surface area contributed by atoms with E-state index in [1.54, 1.807) is 42.5 Å². The van der Waals surface area contributed by atoms with Crippen molar-refractivity contribution in [1.82, 2.24) is 5.32 Å². The Morgan fingerprint density at radius 3 is 2.24 bits per heavy atom. The van der Waals surface area contributed by atoms with E-state index in [4.69, 9.17) is 0 Å². The number of benzene rings is 4. The van der Waals surface area contributed by atoms with E-state index in [2.05, 4.69) is 5.32 Å². The third-order valence-electron chi connectivity index (χ3n) is 5.36. The number of carbonyl (C=O) groups is 1. The van der Waals surface area contributed by atoms with Crippen LogP contribution in [0.25, 0.3) is 10.8 Å². The first kappa shape index (κ1) is 22.5. The van der Waals surface area contributed by atoms with Crippen LogP contribution in [0.1, 0.15) is 21.5 Å². The van der Waals surface area contributed by atoms with Crippen LogP contribution in [-0.4, -0.2) is 20.6 Å². The molecule has 5 nitrogen and oxygen atoms in total. The third-order valence-corrected chi connectivity index (χ3v) is 6.50. The maximum absolute atomic E-state index is 14.1. The number of rotatable bonds is 7. The second kappa shape index (κ2) is 9.42. The normalized spacial score (nSPS) is 11.3. The minimum Gasteiger partial charge on any atom is -0.348 e. The number of fused-ring (bicyclic) bond motifs is 1. The van der Waals surface area contributed by atoms with Crippen molar-refractivity contribution in [3.8, 4) is 0 Å². The molecule has 0 aromatic heterocycles. The first-order valence-corrected chi connectivity index (χ1v) is 12.2. The van der Waals surface area contributed by atoms with Crippen LogP contribution in [0.5, 0.6) is 0 Å². The summed E-state index contributed by atoms with van der Waals surface area (Å²) in [5.41, 5.74) is 2.00. The number of sulfonamides is 1. The fourth-order valence-electron chi connectivity index (χ4n) is 3.59. The fraction of sp³-hybridized carbons (Fsp3) is 0.115. The molecule has 168 valence electrons. The van der Waals surface area contributed by atoms with Crippen LogP contribution in [0.15, 0.2) is 91.0 Å². The van der Waals surface area contributed by atoms with Crippen molar-refractivity contribution in [3.05, 3.63) is 114 Å². The average Bonchev–Trinajstić information content (AvgIpc) is 2.81. The molecular formula is C26H23FN2O3S. The van der Waals surface area contributed by atoms with E-state index in [1.807, 2.05) is 42.5 Å². The maximum atomic E-state index is 14.1. The Bertz CT molecular complexity index is 1400. The van der Waals surface area contributed by atoms with Crippen molar-refractivity contribution >= 4 is 32.4 Å². The van der Waals surface area contributed by atoms with Crippen molar-refractivity contribution in [1.29, 1.82) is 0 Å². The molecule has 33 heavy (non-hydrogen) atoms. The molecule has 4 aromatic rings. The van der Waals surface area contributed by atoms with Gasteiger partial charge in [0, 0.05) is 17.7 Å². The summed E-state index contributed by atoms with van der Waals surface area (Å²) in [5.74, 6) is -0.745. The highest BCUT2D eigenvalue weighted by atomic mass is 32.2. The van der Waals surface area contributed by atoms with Crippen LogP contribution in [0.2, 0.25) is 0 Å². The molecule has 1 N–H and O–H groups in total. The van der Waals surface area contributed by atoms with Crippen LogP contribution in [0.3, 0.4) is 0 Å². The summed E-state index contributed by atoms with van der Waals surface area (Å²) < 4.78 is 39.9. The lowest BCUT2D eigenvalue weighted by Crippen LogP contribution is -2.30. The predicted molar refractivity (Wildman–Crippen MR) is 129 cm³/mol. The van der Waals surface area contributed by atoms with Gasteiger partial charge in [0.15, 0.2) is 0 Å². The Hall–Kier alpha value is -3.71. The van der Waals surface area contributed by atoms with Crippen LogP contribution in [0, 0.1) is 5.82 Å². The summed E-state index contributed by atoms with van der Waals surface area (Å²) in [6.07, 6.45) is 1.07. The van der Waals surface area contributed by atoms with Crippen molar-refractivity contribution in [2.75, 3.05) is 10.6 Å². The zero-order valence-corrected chi connectivity index (χ0v) is 18.8. The summed E-state index contributed by atoms with van der Waals surface area (Å²) in [6.45, 7) is 0.229. The minimum absolute atomic E-state index is 0.140. The van der Waals surface area contributed by atoms with E-state index < -0.39 is 15.8 Å². The number of nitrogens with zero attached hydrogens (tertiary/aromatic N) is 1. The smallest absolute Gasteiger partial charge is 0.251 e. The van der Waals surface area contributed by atoms with E-state index in [1.165, 1.54) is 6.07 Å². The Labute approximate surface area is 192 Å². The quantitative estimate of drug-likeness (QED) is 0.426. The summed E-state index contributed by atoms with van der Waals surface area (Å²) in [4.78, 5) is 12.6. The maximum Gasteiger partial charge on any atom is 0.251 e. The van der Waals surface area contributed by atoms with Gasteiger partial charge in [-0.1, -0.05) is 54.6 Å². The van der Waals surface area contributed by atoms with E-state index in [0.717, 1.165) is 26.9 Å². The largest absolute Gasteiger partial charge is 0.348 e. The average molecular weight is 463 g/mol. The summed E-state index contributed by atoms with van der Waals surface area (Å²) in [5, 5.41) is 5.12.